The molecule has 1 aliphatic heterocycles. The van der Waals surface area contributed by atoms with Crippen molar-refractivity contribution < 1.29 is 19.5 Å². The third-order valence-corrected chi connectivity index (χ3v) is 4.06. The second kappa shape index (κ2) is 5.07. The fourth-order valence-electron chi connectivity index (χ4n) is 2.75. The van der Waals surface area contributed by atoms with Gasteiger partial charge >= 0.3 is 12.0 Å². The van der Waals surface area contributed by atoms with Gasteiger partial charge < -0.3 is 21.1 Å². The van der Waals surface area contributed by atoms with Gasteiger partial charge in [-0.25, -0.2) is 4.79 Å². The first-order chi connectivity index (χ1) is 8.91. The van der Waals surface area contributed by atoms with Crippen molar-refractivity contribution in [1.82, 2.24) is 16.0 Å². The number of carbonyl (C=O) groups is 3. The molecule has 7 heteroatoms. The topological polar surface area (TPSA) is 108 Å². The molecule has 2 rings (SSSR count). The largest absolute Gasteiger partial charge is 0.481 e. The summed E-state index contributed by atoms with van der Waals surface area (Å²) in [6.07, 6.45) is 2.29. The molecule has 4 N–H and O–H groups in total. The number of amides is 3. The molecule has 2 aliphatic rings. The van der Waals surface area contributed by atoms with Crippen molar-refractivity contribution in [3.63, 3.8) is 0 Å². The number of carboxylic acid groups (broad SMARTS) is 1. The van der Waals surface area contributed by atoms with Gasteiger partial charge in [-0.15, -0.1) is 0 Å². The minimum atomic E-state index is -0.902. The van der Waals surface area contributed by atoms with Crippen LogP contribution in [0, 0.1) is 5.41 Å². The van der Waals surface area contributed by atoms with E-state index in [-0.39, 0.29) is 24.4 Å². The molecule has 106 valence electrons. The molecule has 0 aromatic heterocycles. The smallest absolute Gasteiger partial charge is 0.315 e. The molecule has 1 aliphatic carbocycles. The van der Waals surface area contributed by atoms with Crippen LogP contribution >= 0.6 is 0 Å². The van der Waals surface area contributed by atoms with E-state index in [0.29, 0.717) is 19.4 Å². The second-order valence-electron chi connectivity index (χ2n) is 5.49. The third kappa shape index (κ3) is 2.80. The van der Waals surface area contributed by atoms with Gasteiger partial charge in [0, 0.05) is 19.0 Å². The average Bonchev–Trinajstić information content (AvgIpc) is 2.87. The minimum Gasteiger partial charge on any atom is -0.481 e. The van der Waals surface area contributed by atoms with Crippen molar-refractivity contribution in [2.24, 2.45) is 5.41 Å². The van der Waals surface area contributed by atoms with Crippen LogP contribution in [0.4, 0.5) is 4.79 Å². The number of nitrogens with one attached hydrogen (secondary N) is 3. The van der Waals surface area contributed by atoms with Gasteiger partial charge in [0.25, 0.3) is 0 Å². The molecule has 0 spiro atoms. The Balaban J connectivity index is 1.88. The minimum absolute atomic E-state index is 0.0819. The molecule has 0 aromatic carbocycles. The Kier molecular flexibility index (Phi) is 3.64. The Morgan fingerprint density at radius 2 is 2.16 bits per heavy atom. The quantitative estimate of drug-likeness (QED) is 0.570. The zero-order valence-corrected chi connectivity index (χ0v) is 10.9. The van der Waals surface area contributed by atoms with Crippen LogP contribution in [0.2, 0.25) is 0 Å². The highest BCUT2D eigenvalue weighted by atomic mass is 16.4. The van der Waals surface area contributed by atoms with E-state index in [2.05, 4.69) is 16.0 Å². The van der Waals surface area contributed by atoms with Gasteiger partial charge in [-0.2, -0.15) is 0 Å². The van der Waals surface area contributed by atoms with E-state index in [9.17, 15) is 19.5 Å². The lowest BCUT2D eigenvalue weighted by Gasteiger charge is -2.28. The third-order valence-electron chi connectivity index (χ3n) is 4.06. The predicted molar refractivity (Wildman–Crippen MR) is 66.5 cm³/mol. The normalized spacial score (nSPS) is 33.8. The highest BCUT2D eigenvalue weighted by Crippen LogP contribution is 2.38. The monoisotopic (exact) mass is 269 g/mol. The first-order valence-electron chi connectivity index (χ1n) is 6.49. The molecule has 1 heterocycles. The van der Waals surface area contributed by atoms with Crippen LogP contribution in [0.3, 0.4) is 0 Å². The zero-order chi connectivity index (χ0) is 14.0. The van der Waals surface area contributed by atoms with Crippen LogP contribution in [-0.4, -0.2) is 41.6 Å². The number of carbonyl (C=O) groups excluding carboxylic acids is 2. The molecule has 3 amide bonds. The predicted octanol–water partition coefficient (Wildman–Crippen LogP) is -0.182. The van der Waals surface area contributed by atoms with Crippen LogP contribution in [0.15, 0.2) is 0 Å². The summed E-state index contributed by atoms with van der Waals surface area (Å²) in [6.45, 7) is 2.08. The van der Waals surface area contributed by atoms with Gasteiger partial charge in [-0.05, 0) is 19.8 Å². The Bertz CT molecular complexity index is 412. The highest BCUT2D eigenvalue weighted by molar-refractivity contribution is 5.82. The molecular weight excluding hydrogens is 250 g/mol. The van der Waals surface area contributed by atoms with Crippen LogP contribution < -0.4 is 16.0 Å². The molecule has 1 saturated heterocycles. The summed E-state index contributed by atoms with van der Waals surface area (Å²) in [5.74, 6) is -0.963. The van der Waals surface area contributed by atoms with Crippen molar-refractivity contribution in [2.45, 2.75) is 44.7 Å². The maximum Gasteiger partial charge on any atom is 0.315 e. The van der Waals surface area contributed by atoms with E-state index >= 15 is 0 Å². The van der Waals surface area contributed by atoms with E-state index in [1.807, 2.05) is 0 Å². The molecule has 2 fully saturated rings. The number of hydrogen-bond donors (Lipinski definition) is 4. The van der Waals surface area contributed by atoms with E-state index in [1.165, 1.54) is 0 Å². The van der Waals surface area contributed by atoms with Crippen molar-refractivity contribution in [2.75, 3.05) is 6.54 Å². The molecule has 0 radical (unpaired) electrons. The fourth-order valence-corrected chi connectivity index (χ4v) is 2.75. The first-order valence-corrected chi connectivity index (χ1v) is 6.49. The van der Waals surface area contributed by atoms with Crippen molar-refractivity contribution >= 4 is 17.9 Å². The summed E-state index contributed by atoms with van der Waals surface area (Å²) in [6, 6.07) is -0.985. The van der Waals surface area contributed by atoms with Gasteiger partial charge in [-0.1, -0.05) is 6.42 Å². The molecule has 0 bridgehead atoms. The van der Waals surface area contributed by atoms with Crippen LogP contribution in [0.5, 0.6) is 0 Å². The molecule has 0 aromatic rings. The van der Waals surface area contributed by atoms with Gasteiger partial charge in [0.2, 0.25) is 5.91 Å². The Morgan fingerprint density at radius 1 is 1.42 bits per heavy atom. The molecule has 1 saturated carbocycles. The number of carboxylic acids is 1. The number of hydrogen-bond acceptors (Lipinski definition) is 3. The van der Waals surface area contributed by atoms with E-state index in [0.717, 1.165) is 6.42 Å². The van der Waals surface area contributed by atoms with Crippen molar-refractivity contribution in [1.29, 1.82) is 0 Å². The first kappa shape index (κ1) is 13.6. The summed E-state index contributed by atoms with van der Waals surface area (Å²) >= 11 is 0. The van der Waals surface area contributed by atoms with Crippen LogP contribution in [-0.2, 0) is 9.59 Å². The molecule has 3 atom stereocenters. The van der Waals surface area contributed by atoms with Gasteiger partial charge in [0.05, 0.1) is 11.5 Å². The van der Waals surface area contributed by atoms with Crippen molar-refractivity contribution in [3.8, 4) is 0 Å². The van der Waals surface area contributed by atoms with E-state index in [1.54, 1.807) is 6.92 Å². The lowest BCUT2D eigenvalue weighted by atomic mass is 9.85. The molecule has 19 heavy (non-hydrogen) atoms. The van der Waals surface area contributed by atoms with Crippen LogP contribution in [0.25, 0.3) is 0 Å². The summed E-state index contributed by atoms with van der Waals surface area (Å²) in [4.78, 5) is 34.1. The van der Waals surface area contributed by atoms with Gasteiger partial charge in [-0.3, -0.25) is 9.59 Å². The molecular formula is C12H19N3O4. The Hall–Kier alpha value is -1.79. The van der Waals surface area contributed by atoms with E-state index < -0.39 is 17.4 Å². The lowest BCUT2D eigenvalue weighted by Crippen LogP contribution is -2.52. The standard InChI is InChI=1S/C12H19N3O4/c1-12(10(17)18)4-2-3-8(12)15-11(19)14-7-5-9(16)13-6-7/h7-8H,2-6H2,1H3,(H,13,16)(H,17,18)(H2,14,15,19). The summed E-state index contributed by atoms with van der Waals surface area (Å²) in [7, 11) is 0. The number of aliphatic carboxylic acids is 1. The van der Waals surface area contributed by atoms with Gasteiger partial charge in [0.15, 0.2) is 0 Å². The van der Waals surface area contributed by atoms with Crippen molar-refractivity contribution in [3.05, 3.63) is 0 Å². The summed E-state index contributed by atoms with van der Waals surface area (Å²) in [5, 5.41) is 17.3. The summed E-state index contributed by atoms with van der Waals surface area (Å²) in [5.41, 5.74) is -0.902. The SMILES string of the molecule is CC1(C(=O)O)CCCC1NC(=O)NC1CNC(=O)C1. The zero-order valence-electron chi connectivity index (χ0n) is 10.9. The maximum absolute atomic E-state index is 11.8. The number of urea groups is 1. The highest BCUT2D eigenvalue weighted by Gasteiger charge is 2.46. The Morgan fingerprint density at radius 3 is 2.74 bits per heavy atom. The van der Waals surface area contributed by atoms with E-state index in [4.69, 9.17) is 0 Å². The fraction of sp³-hybridized carbons (Fsp3) is 0.750. The maximum atomic E-state index is 11.8. The number of rotatable bonds is 3. The molecule has 7 nitrogen and oxygen atoms in total. The van der Waals surface area contributed by atoms with Crippen LogP contribution in [0.1, 0.15) is 32.6 Å². The molecule has 3 unspecified atom stereocenters. The summed E-state index contributed by atoms with van der Waals surface area (Å²) < 4.78 is 0. The average molecular weight is 269 g/mol. The Labute approximate surface area is 111 Å². The van der Waals surface area contributed by atoms with Gasteiger partial charge in [0.1, 0.15) is 0 Å². The lowest BCUT2D eigenvalue weighted by molar-refractivity contribution is -0.148. The second-order valence-corrected chi connectivity index (χ2v) is 5.49.